The van der Waals surface area contributed by atoms with E-state index >= 15 is 0 Å². The third-order valence-corrected chi connectivity index (χ3v) is 4.66. The third kappa shape index (κ3) is 2.97. The summed E-state index contributed by atoms with van der Waals surface area (Å²) in [5.74, 6) is 0.582. The first-order valence-electron chi connectivity index (χ1n) is 5.15. The maximum Gasteiger partial charge on any atom is 0.251 e. The Bertz CT molecular complexity index is 574. The van der Waals surface area contributed by atoms with Crippen molar-refractivity contribution in [3.05, 3.63) is 37.0 Å². The Balaban J connectivity index is 2.47. The Morgan fingerprint density at radius 2 is 2.29 bits per heavy atom. The number of nitrogens with zero attached hydrogens (tertiary/aromatic N) is 1. The van der Waals surface area contributed by atoms with Crippen molar-refractivity contribution < 1.29 is 0 Å². The van der Waals surface area contributed by atoms with Gasteiger partial charge in [-0.1, -0.05) is 24.9 Å². The number of aromatic nitrogens is 2. The number of halogens is 2. The van der Waals surface area contributed by atoms with Crippen LogP contribution in [-0.2, 0) is 6.42 Å². The third-order valence-electron chi connectivity index (χ3n) is 2.18. The van der Waals surface area contributed by atoms with E-state index in [1.807, 2.05) is 6.07 Å². The largest absolute Gasteiger partial charge is 0.306 e. The first-order chi connectivity index (χ1) is 8.10. The fourth-order valence-corrected chi connectivity index (χ4v) is 3.12. The monoisotopic (exact) mass is 332 g/mol. The van der Waals surface area contributed by atoms with E-state index in [0.29, 0.717) is 10.2 Å². The Morgan fingerprint density at radius 1 is 1.53 bits per heavy atom. The maximum atomic E-state index is 11.5. The minimum atomic E-state index is -0.126. The molecule has 0 aliphatic heterocycles. The van der Waals surface area contributed by atoms with Gasteiger partial charge in [0, 0.05) is 16.2 Å². The van der Waals surface area contributed by atoms with E-state index in [2.05, 4.69) is 32.8 Å². The van der Waals surface area contributed by atoms with Gasteiger partial charge in [-0.2, -0.15) is 0 Å². The predicted octanol–water partition coefficient (Wildman–Crippen LogP) is 3.87. The molecule has 0 saturated heterocycles. The van der Waals surface area contributed by atoms with E-state index in [4.69, 9.17) is 11.6 Å². The molecule has 0 unspecified atom stereocenters. The van der Waals surface area contributed by atoms with Gasteiger partial charge in [-0.05, 0) is 28.4 Å². The number of aromatic amines is 1. The molecular formula is C11H10BrClN2OS. The molecule has 0 bridgehead atoms. The zero-order valence-corrected chi connectivity index (χ0v) is 12.2. The van der Waals surface area contributed by atoms with Gasteiger partial charge in [-0.25, -0.2) is 4.98 Å². The van der Waals surface area contributed by atoms with E-state index in [1.165, 1.54) is 17.4 Å². The van der Waals surface area contributed by atoms with E-state index < -0.39 is 0 Å². The quantitative estimate of drug-likeness (QED) is 0.927. The van der Waals surface area contributed by atoms with Crippen molar-refractivity contribution in [3.63, 3.8) is 0 Å². The van der Waals surface area contributed by atoms with Crippen LogP contribution in [0, 0.1) is 0 Å². The second kappa shape index (κ2) is 5.33. The Kier molecular flexibility index (Phi) is 4.01. The number of hydrogen-bond donors (Lipinski definition) is 1. The minimum absolute atomic E-state index is 0.126. The second-order valence-electron chi connectivity index (χ2n) is 3.57. The average Bonchev–Trinajstić information content (AvgIpc) is 2.59. The van der Waals surface area contributed by atoms with Gasteiger partial charge in [-0.3, -0.25) is 4.79 Å². The molecular weight excluding hydrogens is 324 g/mol. The number of rotatable bonds is 3. The van der Waals surface area contributed by atoms with Gasteiger partial charge >= 0.3 is 0 Å². The highest BCUT2D eigenvalue weighted by Gasteiger charge is 2.09. The number of H-pyrrole nitrogens is 1. The predicted molar refractivity (Wildman–Crippen MR) is 74.9 cm³/mol. The topological polar surface area (TPSA) is 45.8 Å². The number of aryl methyl sites for hydroxylation is 1. The number of nitrogens with one attached hydrogen (secondary N) is 1. The summed E-state index contributed by atoms with van der Waals surface area (Å²) >= 11 is 10.7. The van der Waals surface area contributed by atoms with Gasteiger partial charge in [0.25, 0.3) is 5.56 Å². The lowest BCUT2D eigenvalue weighted by atomic mass is 10.2. The molecule has 1 N–H and O–H groups in total. The summed E-state index contributed by atoms with van der Waals surface area (Å²) in [6.45, 7) is 2.06. The summed E-state index contributed by atoms with van der Waals surface area (Å²) in [7, 11) is 0. The molecule has 6 heteroatoms. The zero-order chi connectivity index (χ0) is 12.4. The Labute approximate surface area is 116 Å². The summed E-state index contributed by atoms with van der Waals surface area (Å²) in [6, 6.07) is 3.40. The van der Waals surface area contributed by atoms with Crippen molar-refractivity contribution in [1.82, 2.24) is 9.97 Å². The molecule has 0 saturated carbocycles. The van der Waals surface area contributed by atoms with Crippen molar-refractivity contribution in [2.24, 2.45) is 0 Å². The van der Waals surface area contributed by atoms with E-state index in [0.717, 1.165) is 27.9 Å². The average molecular weight is 334 g/mol. The number of thiophene rings is 1. The highest BCUT2D eigenvalue weighted by Crippen LogP contribution is 2.36. The normalized spacial score (nSPS) is 10.8. The van der Waals surface area contributed by atoms with Gasteiger partial charge in [-0.15, -0.1) is 11.3 Å². The molecule has 0 amide bonds. The lowest BCUT2D eigenvalue weighted by Crippen LogP contribution is -2.09. The summed E-state index contributed by atoms with van der Waals surface area (Å²) in [4.78, 5) is 19.5. The summed E-state index contributed by atoms with van der Waals surface area (Å²) in [6.07, 6.45) is 1.77. The maximum absolute atomic E-state index is 11.5. The lowest BCUT2D eigenvalue weighted by molar-refractivity contribution is 0.870. The molecule has 2 heterocycles. The van der Waals surface area contributed by atoms with Gasteiger partial charge in [0.1, 0.15) is 4.34 Å². The van der Waals surface area contributed by atoms with Crippen LogP contribution in [0.3, 0.4) is 0 Å². The van der Waals surface area contributed by atoms with Crippen LogP contribution in [0.15, 0.2) is 21.4 Å². The first kappa shape index (κ1) is 12.8. The molecule has 0 aliphatic rings. The van der Waals surface area contributed by atoms with Crippen LogP contribution in [0.4, 0.5) is 0 Å². The molecule has 2 aromatic heterocycles. The fraction of sp³-hybridized carbons (Fsp3) is 0.273. The smallest absolute Gasteiger partial charge is 0.251 e. The van der Waals surface area contributed by atoms with Gasteiger partial charge in [0.15, 0.2) is 5.82 Å². The van der Waals surface area contributed by atoms with E-state index in [9.17, 15) is 4.79 Å². The van der Waals surface area contributed by atoms with Crippen molar-refractivity contribution in [2.75, 3.05) is 0 Å². The van der Waals surface area contributed by atoms with Crippen LogP contribution in [0.5, 0.6) is 0 Å². The van der Waals surface area contributed by atoms with Crippen molar-refractivity contribution >= 4 is 38.9 Å². The second-order valence-corrected chi connectivity index (χ2v) is 6.08. The summed E-state index contributed by atoms with van der Waals surface area (Å²) in [5, 5.41) is 0. The molecule has 0 spiro atoms. The minimum Gasteiger partial charge on any atom is -0.306 e. The summed E-state index contributed by atoms with van der Waals surface area (Å²) in [5.41, 5.74) is 0.686. The molecule has 17 heavy (non-hydrogen) atoms. The van der Waals surface area contributed by atoms with E-state index in [1.54, 1.807) is 0 Å². The van der Waals surface area contributed by atoms with Crippen LogP contribution in [0.2, 0.25) is 4.34 Å². The van der Waals surface area contributed by atoms with Crippen LogP contribution < -0.4 is 5.56 Å². The fourth-order valence-electron chi connectivity index (χ4n) is 1.47. The zero-order valence-electron chi connectivity index (χ0n) is 9.09. The highest BCUT2D eigenvalue weighted by molar-refractivity contribution is 9.10. The lowest BCUT2D eigenvalue weighted by Gasteiger charge is -2.00. The molecule has 0 aliphatic carbocycles. The molecule has 2 aromatic rings. The molecule has 3 nitrogen and oxygen atoms in total. The number of hydrogen-bond acceptors (Lipinski definition) is 3. The van der Waals surface area contributed by atoms with Gasteiger partial charge in [0.2, 0.25) is 0 Å². The van der Waals surface area contributed by atoms with Crippen LogP contribution in [-0.4, -0.2) is 9.97 Å². The molecule has 0 radical (unpaired) electrons. The summed E-state index contributed by atoms with van der Waals surface area (Å²) < 4.78 is 1.48. The Morgan fingerprint density at radius 3 is 2.88 bits per heavy atom. The first-order valence-corrected chi connectivity index (χ1v) is 7.14. The van der Waals surface area contributed by atoms with Crippen molar-refractivity contribution in [1.29, 1.82) is 0 Å². The van der Waals surface area contributed by atoms with Crippen molar-refractivity contribution in [2.45, 2.75) is 19.8 Å². The van der Waals surface area contributed by atoms with E-state index in [-0.39, 0.29) is 5.56 Å². The molecule has 90 valence electrons. The van der Waals surface area contributed by atoms with Crippen LogP contribution >= 0.6 is 38.9 Å². The SMILES string of the molecule is CCCc1cc(=O)[nH]c(-c2cc(Br)c(Cl)s2)n1. The van der Waals surface area contributed by atoms with Gasteiger partial charge in [0.05, 0.1) is 4.88 Å². The molecule has 0 fully saturated rings. The highest BCUT2D eigenvalue weighted by atomic mass is 79.9. The Hall–Kier alpha value is -0.650. The molecule has 2 rings (SSSR count). The van der Waals surface area contributed by atoms with Crippen molar-refractivity contribution in [3.8, 4) is 10.7 Å². The molecule has 0 aromatic carbocycles. The molecule has 0 atom stereocenters. The van der Waals surface area contributed by atoms with Gasteiger partial charge < -0.3 is 4.98 Å². The van der Waals surface area contributed by atoms with Crippen LogP contribution in [0.25, 0.3) is 10.7 Å². The standard InChI is InChI=1S/C11H10BrClN2OS/c1-2-3-6-4-9(16)15-11(14-6)8-5-7(12)10(13)17-8/h4-5H,2-3H2,1H3,(H,14,15,16). The van der Waals surface area contributed by atoms with Crippen LogP contribution in [0.1, 0.15) is 19.0 Å².